The Balaban J connectivity index is 1.77. The molecule has 3 nitrogen and oxygen atoms in total. The molecular formula is C15H21NO2. The van der Waals surface area contributed by atoms with Gasteiger partial charge in [0, 0.05) is 30.0 Å². The molecule has 2 unspecified atom stereocenters. The Kier molecular flexibility index (Phi) is 3.27. The van der Waals surface area contributed by atoms with Gasteiger partial charge in [0.1, 0.15) is 5.75 Å². The summed E-state index contributed by atoms with van der Waals surface area (Å²) in [5, 5.41) is 0. The van der Waals surface area contributed by atoms with Crippen LogP contribution in [0.1, 0.15) is 30.7 Å². The molecule has 3 heteroatoms. The summed E-state index contributed by atoms with van der Waals surface area (Å²) >= 11 is 0. The van der Waals surface area contributed by atoms with E-state index < -0.39 is 0 Å². The monoisotopic (exact) mass is 247 g/mol. The summed E-state index contributed by atoms with van der Waals surface area (Å²) in [7, 11) is 0. The third kappa shape index (κ3) is 2.13. The highest BCUT2D eigenvalue weighted by Gasteiger charge is 2.37. The molecule has 1 aromatic carbocycles. The van der Waals surface area contributed by atoms with Crippen molar-refractivity contribution < 1.29 is 9.47 Å². The fraction of sp³-hybridized carbons (Fsp3) is 0.600. The molecule has 0 bridgehead atoms. The van der Waals surface area contributed by atoms with Gasteiger partial charge in [0.25, 0.3) is 0 Å². The van der Waals surface area contributed by atoms with Crippen molar-refractivity contribution in [1.29, 1.82) is 0 Å². The Labute approximate surface area is 108 Å². The molecule has 2 aliphatic rings. The molecular weight excluding hydrogens is 226 g/mol. The van der Waals surface area contributed by atoms with Crippen molar-refractivity contribution >= 4 is 0 Å². The summed E-state index contributed by atoms with van der Waals surface area (Å²) in [4.78, 5) is 0. The zero-order valence-corrected chi connectivity index (χ0v) is 10.7. The van der Waals surface area contributed by atoms with Crippen LogP contribution in [0.4, 0.5) is 0 Å². The van der Waals surface area contributed by atoms with Gasteiger partial charge in [-0.25, -0.2) is 0 Å². The van der Waals surface area contributed by atoms with Crippen molar-refractivity contribution in [3.05, 3.63) is 29.8 Å². The van der Waals surface area contributed by atoms with Crippen LogP contribution in [0, 0.1) is 5.41 Å². The molecule has 0 saturated carbocycles. The fourth-order valence-electron chi connectivity index (χ4n) is 3.24. The lowest BCUT2D eigenvalue weighted by Gasteiger charge is -2.37. The van der Waals surface area contributed by atoms with Gasteiger partial charge in [-0.1, -0.05) is 18.2 Å². The first-order valence-electron chi connectivity index (χ1n) is 6.83. The van der Waals surface area contributed by atoms with E-state index in [2.05, 4.69) is 18.2 Å². The van der Waals surface area contributed by atoms with Crippen LogP contribution in [0.15, 0.2) is 24.3 Å². The lowest BCUT2D eigenvalue weighted by molar-refractivity contribution is -0.0120. The Morgan fingerprint density at radius 1 is 1.33 bits per heavy atom. The molecule has 2 N–H and O–H groups in total. The number of para-hydroxylation sites is 1. The first-order chi connectivity index (χ1) is 8.83. The van der Waals surface area contributed by atoms with Crippen molar-refractivity contribution in [2.45, 2.75) is 25.2 Å². The van der Waals surface area contributed by atoms with E-state index in [1.54, 1.807) is 0 Å². The molecule has 3 rings (SSSR count). The standard InChI is InChI=1S/C15H21NO2/c16-10-15(6-3-7-17-11-15)8-12-9-18-14-5-2-1-4-13(12)14/h1-2,4-5,12H,3,6-11,16H2. The molecule has 1 aromatic rings. The molecule has 1 fully saturated rings. The highest BCUT2D eigenvalue weighted by molar-refractivity contribution is 5.39. The minimum absolute atomic E-state index is 0.156. The summed E-state index contributed by atoms with van der Waals surface area (Å²) in [6, 6.07) is 8.36. The molecule has 0 spiro atoms. The Hall–Kier alpha value is -1.06. The lowest BCUT2D eigenvalue weighted by Crippen LogP contribution is -2.40. The molecule has 0 aliphatic carbocycles. The SMILES string of the molecule is NCC1(CC2COc3ccccc32)CCCOC1. The van der Waals surface area contributed by atoms with E-state index in [1.165, 1.54) is 12.0 Å². The van der Waals surface area contributed by atoms with Crippen LogP contribution < -0.4 is 10.5 Å². The van der Waals surface area contributed by atoms with Crippen molar-refractivity contribution in [2.24, 2.45) is 11.1 Å². The van der Waals surface area contributed by atoms with Crippen LogP contribution in [-0.4, -0.2) is 26.4 Å². The lowest BCUT2D eigenvalue weighted by atomic mass is 9.74. The van der Waals surface area contributed by atoms with Gasteiger partial charge in [-0.15, -0.1) is 0 Å². The third-order valence-electron chi connectivity index (χ3n) is 4.32. The molecule has 0 radical (unpaired) electrons. The van der Waals surface area contributed by atoms with E-state index in [9.17, 15) is 0 Å². The normalized spacial score (nSPS) is 30.8. The number of nitrogens with two attached hydrogens (primary N) is 1. The second kappa shape index (κ2) is 4.90. The smallest absolute Gasteiger partial charge is 0.122 e. The number of hydrogen-bond acceptors (Lipinski definition) is 3. The van der Waals surface area contributed by atoms with Gasteiger partial charge in [-0.3, -0.25) is 0 Å². The first-order valence-corrected chi connectivity index (χ1v) is 6.83. The molecule has 2 atom stereocenters. The predicted octanol–water partition coefficient (Wildman–Crippen LogP) is 2.31. The van der Waals surface area contributed by atoms with E-state index >= 15 is 0 Å². The Morgan fingerprint density at radius 3 is 3.00 bits per heavy atom. The van der Waals surface area contributed by atoms with Crippen LogP contribution in [0.25, 0.3) is 0 Å². The number of fused-ring (bicyclic) bond motifs is 1. The summed E-state index contributed by atoms with van der Waals surface area (Å²) in [5.41, 5.74) is 7.52. The number of hydrogen-bond donors (Lipinski definition) is 1. The van der Waals surface area contributed by atoms with Crippen LogP contribution >= 0.6 is 0 Å². The van der Waals surface area contributed by atoms with Gasteiger partial charge in [0.15, 0.2) is 0 Å². The fourth-order valence-corrected chi connectivity index (χ4v) is 3.24. The molecule has 2 heterocycles. The van der Waals surface area contributed by atoms with Crippen molar-refractivity contribution in [1.82, 2.24) is 0 Å². The molecule has 0 aromatic heterocycles. The summed E-state index contributed by atoms with van der Waals surface area (Å²) in [6.07, 6.45) is 3.40. The predicted molar refractivity (Wildman–Crippen MR) is 70.8 cm³/mol. The van der Waals surface area contributed by atoms with E-state index in [0.717, 1.165) is 38.4 Å². The van der Waals surface area contributed by atoms with E-state index in [1.807, 2.05) is 6.07 Å². The van der Waals surface area contributed by atoms with Gasteiger partial charge in [0.05, 0.1) is 13.2 Å². The second-order valence-corrected chi connectivity index (χ2v) is 5.61. The average Bonchev–Trinajstić information content (AvgIpc) is 2.83. The van der Waals surface area contributed by atoms with Crippen molar-refractivity contribution in [2.75, 3.05) is 26.4 Å². The van der Waals surface area contributed by atoms with Gasteiger partial charge in [-0.2, -0.15) is 0 Å². The molecule has 98 valence electrons. The van der Waals surface area contributed by atoms with Crippen LogP contribution in [0.2, 0.25) is 0 Å². The molecule has 2 aliphatic heterocycles. The quantitative estimate of drug-likeness (QED) is 0.891. The topological polar surface area (TPSA) is 44.5 Å². The van der Waals surface area contributed by atoms with Gasteiger partial charge >= 0.3 is 0 Å². The molecule has 0 amide bonds. The van der Waals surface area contributed by atoms with Crippen molar-refractivity contribution in [3.8, 4) is 5.75 Å². The minimum Gasteiger partial charge on any atom is -0.493 e. The summed E-state index contributed by atoms with van der Waals surface area (Å²) < 4.78 is 11.4. The summed E-state index contributed by atoms with van der Waals surface area (Å²) in [5.74, 6) is 1.53. The van der Waals surface area contributed by atoms with Crippen LogP contribution in [0.5, 0.6) is 5.75 Å². The maximum atomic E-state index is 6.02. The maximum absolute atomic E-state index is 6.02. The largest absolute Gasteiger partial charge is 0.493 e. The number of ether oxygens (including phenoxy) is 2. The summed E-state index contributed by atoms with van der Waals surface area (Å²) in [6.45, 7) is 3.20. The highest BCUT2D eigenvalue weighted by atomic mass is 16.5. The Bertz CT molecular complexity index is 413. The Morgan fingerprint density at radius 2 is 2.22 bits per heavy atom. The minimum atomic E-state index is 0.156. The van der Waals surface area contributed by atoms with Crippen LogP contribution in [-0.2, 0) is 4.74 Å². The van der Waals surface area contributed by atoms with Crippen LogP contribution in [0.3, 0.4) is 0 Å². The number of benzene rings is 1. The third-order valence-corrected chi connectivity index (χ3v) is 4.32. The molecule has 1 saturated heterocycles. The van der Waals surface area contributed by atoms with Gasteiger partial charge in [0.2, 0.25) is 0 Å². The van der Waals surface area contributed by atoms with Crippen molar-refractivity contribution in [3.63, 3.8) is 0 Å². The zero-order valence-electron chi connectivity index (χ0n) is 10.7. The van der Waals surface area contributed by atoms with Gasteiger partial charge in [-0.05, 0) is 25.3 Å². The number of rotatable bonds is 3. The zero-order chi connectivity index (χ0) is 12.4. The first kappa shape index (κ1) is 12.0. The second-order valence-electron chi connectivity index (χ2n) is 5.61. The maximum Gasteiger partial charge on any atom is 0.122 e. The van der Waals surface area contributed by atoms with Gasteiger partial charge < -0.3 is 15.2 Å². The van der Waals surface area contributed by atoms with E-state index in [0.29, 0.717) is 12.5 Å². The van der Waals surface area contributed by atoms with E-state index in [-0.39, 0.29) is 5.41 Å². The average molecular weight is 247 g/mol. The highest BCUT2D eigenvalue weighted by Crippen LogP contribution is 2.43. The van der Waals surface area contributed by atoms with E-state index in [4.69, 9.17) is 15.2 Å². The molecule has 18 heavy (non-hydrogen) atoms.